The fraction of sp³-hybridized carbons (Fsp3) is 0.909. The minimum absolute atomic E-state index is 0.0696. The monoisotopic (exact) mass is 212 g/mol. The molecular formula is C11H20N2O2. The summed E-state index contributed by atoms with van der Waals surface area (Å²) in [5.41, 5.74) is -0.0696. The van der Waals surface area contributed by atoms with Gasteiger partial charge in [-0.1, -0.05) is 0 Å². The van der Waals surface area contributed by atoms with E-state index in [1.165, 1.54) is 6.42 Å². The molecule has 1 amide bonds. The van der Waals surface area contributed by atoms with Gasteiger partial charge in [-0.2, -0.15) is 0 Å². The molecule has 2 aliphatic rings. The molecule has 0 unspecified atom stereocenters. The highest BCUT2D eigenvalue weighted by Gasteiger charge is 2.35. The van der Waals surface area contributed by atoms with Crippen molar-refractivity contribution in [2.75, 3.05) is 13.2 Å². The lowest BCUT2D eigenvalue weighted by atomic mass is 9.77. The molecule has 0 aromatic rings. The summed E-state index contributed by atoms with van der Waals surface area (Å²) >= 11 is 0. The lowest BCUT2D eigenvalue weighted by Crippen LogP contribution is -2.54. The van der Waals surface area contributed by atoms with E-state index in [1.54, 1.807) is 0 Å². The number of nitrogens with one attached hydrogen (secondary N) is 2. The molecule has 15 heavy (non-hydrogen) atoms. The third kappa shape index (κ3) is 2.92. The van der Waals surface area contributed by atoms with E-state index < -0.39 is 0 Å². The van der Waals surface area contributed by atoms with Gasteiger partial charge in [-0.3, -0.25) is 4.79 Å². The first-order valence-electron chi connectivity index (χ1n) is 5.89. The number of carbonyl (C=O) groups is 1. The molecule has 0 bridgehead atoms. The van der Waals surface area contributed by atoms with Gasteiger partial charge in [0.1, 0.15) is 0 Å². The van der Waals surface area contributed by atoms with Gasteiger partial charge < -0.3 is 15.7 Å². The van der Waals surface area contributed by atoms with Gasteiger partial charge in [0.25, 0.3) is 0 Å². The molecule has 86 valence electrons. The maximum absolute atomic E-state index is 11.4. The first-order valence-corrected chi connectivity index (χ1v) is 5.89. The average molecular weight is 212 g/mol. The van der Waals surface area contributed by atoms with E-state index in [4.69, 9.17) is 0 Å². The predicted molar refractivity (Wildman–Crippen MR) is 57.5 cm³/mol. The van der Waals surface area contributed by atoms with Crippen LogP contribution in [-0.2, 0) is 4.79 Å². The Morgan fingerprint density at radius 1 is 1.40 bits per heavy atom. The second kappa shape index (κ2) is 4.49. The molecule has 0 radical (unpaired) electrons. The van der Waals surface area contributed by atoms with Crippen LogP contribution in [0.5, 0.6) is 0 Å². The van der Waals surface area contributed by atoms with E-state index in [2.05, 4.69) is 10.6 Å². The van der Waals surface area contributed by atoms with Crippen LogP contribution in [0, 0.1) is 0 Å². The summed E-state index contributed by atoms with van der Waals surface area (Å²) in [5.74, 6) is 0.136. The molecule has 4 heteroatoms. The smallest absolute Gasteiger partial charge is 0.221 e. The Hall–Kier alpha value is -0.610. The number of amides is 1. The Labute approximate surface area is 90.4 Å². The van der Waals surface area contributed by atoms with Crippen LogP contribution in [-0.4, -0.2) is 35.7 Å². The molecule has 0 spiro atoms. The van der Waals surface area contributed by atoms with Crippen molar-refractivity contribution in [2.45, 2.75) is 50.1 Å². The van der Waals surface area contributed by atoms with Crippen LogP contribution in [0.15, 0.2) is 0 Å². The zero-order valence-electron chi connectivity index (χ0n) is 9.09. The van der Waals surface area contributed by atoms with Crippen molar-refractivity contribution >= 4 is 5.91 Å². The molecule has 0 aromatic carbocycles. The van der Waals surface area contributed by atoms with Crippen LogP contribution in [0.25, 0.3) is 0 Å². The van der Waals surface area contributed by atoms with Crippen LogP contribution in [0.4, 0.5) is 0 Å². The highest BCUT2D eigenvalue weighted by molar-refractivity contribution is 5.76. The predicted octanol–water partition coefficient (Wildman–Crippen LogP) is 0.160. The third-order valence-electron chi connectivity index (χ3n) is 3.41. The maximum atomic E-state index is 11.4. The third-order valence-corrected chi connectivity index (χ3v) is 3.41. The van der Waals surface area contributed by atoms with Crippen LogP contribution >= 0.6 is 0 Å². The van der Waals surface area contributed by atoms with Crippen molar-refractivity contribution in [3.05, 3.63) is 0 Å². The van der Waals surface area contributed by atoms with Crippen molar-refractivity contribution in [1.29, 1.82) is 0 Å². The minimum atomic E-state index is -0.0696. The summed E-state index contributed by atoms with van der Waals surface area (Å²) in [7, 11) is 0. The summed E-state index contributed by atoms with van der Waals surface area (Å²) in [5, 5.41) is 15.4. The lowest BCUT2D eigenvalue weighted by molar-refractivity contribution is -0.121. The van der Waals surface area contributed by atoms with Gasteiger partial charge in [0.05, 0.1) is 6.61 Å². The Morgan fingerprint density at radius 3 is 2.60 bits per heavy atom. The molecule has 0 heterocycles. The molecule has 2 rings (SSSR count). The summed E-state index contributed by atoms with van der Waals surface area (Å²) in [4.78, 5) is 11.4. The second-order valence-electron chi connectivity index (χ2n) is 4.81. The number of hydrogen-bond donors (Lipinski definition) is 3. The van der Waals surface area contributed by atoms with Crippen molar-refractivity contribution in [2.24, 2.45) is 0 Å². The van der Waals surface area contributed by atoms with E-state index >= 15 is 0 Å². The molecule has 0 aliphatic heterocycles. The van der Waals surface area contributed by atoms with Crippen molar-refractivity contribution in [3.8, 4) is 0 Å². The molecule has 3 N–H and O–H groups in total. The van der Waals surface area contributed by atoms with Gasteiger partial charge in [0.15, 0.2) is 0 Å². The molecule has 2 saturated carbocycles. The molecular weight excluding hydrogens is 192 g/mol. The van der Waals surface area contributed by atoms with Gasteiger partial charge in [-0.15, -0.1) is 0 Å². The molecule has 0 atom stereocenters. The molecule has 2 aliphatic carbocycles. The average Bonchev–Trinajstić information content (AvgIpc) is 2.93. The first-order chi connectivity index (χ1) is 7.24. The Morgan fingerprint density at radius 2 is 2.13 bits per heavy atom. The number of rotatable bonds is 6. The summed E-state index contributed by atoms with van der Waals surface area (Å²) in [6, 6.07) is 0.452. The zero-order chi connectivity index (χ0) is 10.7. The van der Waals surface area contributed by atoms with Crippen molar-refractivity contribution in [3.63, 3.8) is 0 Å². The lowest BCUT2D eigenvalue weighted by Gasteiger charge is -2.41. The van der Waals surface area contributed by atoms with Crippen LogP contribution < -0.4 is 10.6 Å². The maximum Gasteiger partial charge on any atom is 0.221 e. The standard InChI is InChI=1S/C11H20N2O2/c14-8-11(5-1-6-11)12-7-4-10(15)13-9-2-3-9/h9,12,14H,1-8H2,(H,13,15). The van der Waals surface area contributed by atoms with Crippen molar-refractivity contribution in [1.82, 2.24) is 10.6 Å². The van der Waals surface area contributed by atoms with Gasteiger partial charge >= 0.3 is 0 Å². The quantitative estimate of drug-likeness (QED) is 0.588. The number of aliphatic hydroxyl groups excluding tert-OH is 1. The Kier molecular flexibility index (Phi) is 3.26. The SMILES string of the molecule is O=C(CCNC1(CO)CCC1)NC1CC1. The molecule has 0 aromatic heterocycles. The Bertz CT molecular complexity index is 229. The number of carbonyl (C=O) groups excluding carboxylic acids is 1. The van der Waals surface area contributed by atoms with Crippen molar-refractivity contribution < 1.29 is 9.90 Å². The van der Waals surface area contributed by atoms with Gasteiger partial charge in [0, 0.05) is 24.5 Å². The summed E-state index contributed by atoms with van der Waals surface area (Å²) in [6.45, 7) is 0.871. The first kappa shape index (κ1) is 10.9. The van der Waals surface area contributed by atoms with E-state index in [9.17, 15) is 9.90 Å². The largest absolute Gasteiger partial charge is 0.394 e. The second-order valence-corrected chi connectivity index (χ2v) is 4.81. The van der Waals surface area contributed by atoms with Gasteiger partial charge in [-0.25, -0.2) is 0 Å². The molecule has 2 fully saturated rings. The Balaban J connectivity index is 1.58. The fourth-order valence-corrected chi connectivity index (χ4v) is 1.96. The zero-order valence-corrected chi connectivity index (χ0v) is 9.09. The van der Waals surface area contributed by atoms with E-state index in [1.807, 2.05) is 0 Å². The van der Waals surface area contributed by atoms with E-state index in [0.29, 0.717) is 19.0 Å². The highest BCUT2D eigenvalue weighted by Crippen LogP contribution is 2.30. The van der Waals surface area contributed by atoms with E-state index in [0.717, 1.165) is 25.7 Å². The molecule has 4 nitrogen and oxygen atoms in total. The van der Waals surface area contributed by atoms with Crippen LogP contribution in [0.3, 0.4) is 0 Å². The van der Waals surface area contributed by atoms with Crippen LogP contribution in [0.2, 0.25) is 0 Å². The number of hydrogen-bond acceptors (Lipinski definition) is 3. The topological polar surface area (TPSA) is 61.4 Å². The minimum Gasteiger partial charge on any atom is -0.394 e. The van der Waals surface area contributed by atoms with Gasteiger partial charge in [0.2, 0.25) is 5.91 Å². The number of aliphatic hydroxyl groups is 1. The van der Waals surface area contributed by atoms with Gasteiger partial charge in [-0.05, 0) is 32.1 Å². The normalized spacial score (nSPS) is 23.3. The fourth-order valence-electron chi connectivity index (χ4n) is 1.96. The van der Waals surface area contributed by atoms with E-state index in [-0.39, 0.29) is 18.1 Å². The summed E-state index contributed by atoms with van der Waals surface area (Å²) in [6.07, 6.45) is 6.06. The molecule has 0 saturated heterocycles. The highest BCUT2D eigenvalue weighted by atomic mass is 16.3. The van der Waals surface area contributed by atoms with Crippen LogP contribution in [0.1, 0.15) is 38.5 Å². The summed E-state index contributed by atoms with van der Waals surface area (Å²) < 4.78 is 0.